The number of carbonyl (C=O) groups excluding carboxylic acids is 1. The van der Waals surface area contributed by atoms with Gasteiger partial charge in [0.25, 0.3) is 0 Å². The van der Waals surface area contributed by atoms with Crippen LogP contribution in [0.15, 0.2) is 59.5 Å². The van der Waals surface area contributed by atoms with E-state index in [9.17, 15) is 13.2 Å². The number of nitrogens with zero attached hydrogens (tertiary/aromatic N) is 3. The molecule has 1 atom stereocenters. The minimum absolute atomic E-state index is 0.0558. The molecule has 2 aliphatic heterocycles. The molecule has 0 aliphatic carbocycles. The van der Waals surface area contributed by atoms with Crippen LogP contribution >= 0.6 is 0 Å². The van der Waals surface area contributed by atoms with Crippen LogP contribution in [0.1, 0.15) is 12.5 Å². The molecule has 2 heterocycles. The molecule has 2 aliphatic rings. The first-order chi connectivity index (χ1) is 13.5. The van der Waals surface area contributed by atoms with Crippen LogP contribution in [-0.4, -0.2) is 62.3 Å². The van der Waals surface area contributed by atoms with E-state index in [2.05, 4.69) is 24.0 Å². The van der Waals surface area contributed by atoms with E-state index in [1.54, 1.807) is 35.2 Å². The van der Waals surface area contributed by atoms with Gasteiger partial charge in [-0.25, -0.2) is 8.42 Å². The van der Waals surface area contributed by atoms with E-state index < -0.39 is 10.0 Å². The molecule has 28 heavy (non-hydrogen) atoms. The summed E-state index contributed by atoms with van der Waals surface area (Å²) in [5.74, 6) is 0.0558. The number of fused-ring (bicyclic) bond motifs is 1. The van der Waals surface area contributed by atoms with Crippen molar-refractivity contribution in [3.05, 3.63) is 60.2 Å². The van der Waals surface area contributed by atoms with Gasteiger partial charge in [0, 0.05) is 37.9 Å². The Morgan fingerprint density at radius 3 is 2.32 bits per heavy atom. The first kappa shape index (κ1) is 19.0. The fraction of sp³-hybridized carbons (Fsp3) is 0.381. The lowest BCUT2D eigenvalue weighted by molar-refractivity contribution is -0.130. The second-order valence-corrected chi connectivity index (χ2v) is 9.35. The zero-order valence-corrected chi connectivity index (χ0v) is 16.8. The summed E-state index contributed by atoms with van der Waals surface area (Å²) in [6.45, 7) is 3.98. The Morgan fingerprint density at radius 2 is 1.61 bits per heavy atom. The molecule has 2 aromatic carbocycles. The van der Waals surface area contributed by atoms with E-state index in [-0.39, 0.29) is 5.91 Å². The van der Waals surface area contributed by atoms with Crippen molar-refractivity contribution in [3.8, 4) is 0 Å². The first-order valence-corrected chi connectivity index (χ1v) is 11.1. The van der Waals surface area contributed by atoms with Gasteiger partial charge in [-0.15, -0.1) is 0 Å². The number of amides is 1. The van der Waals surface area contributed by atoms with Gasteiger partial charge >= 0.3 is 0 Å². The third-order valence-corrected chi connectivity index (χ3v) is 7.54. The summed E-state index contributed by atoms with van der Waals surface area (Å²) in [5, 5.41) is 0. The number of anilines is 1. The Morgan fingerprint density at radius 1 is 0.964 bits per heavy atom. The van der Waals surface area contributed by atoms with Crippen LogP contribution in [0.5, 0.6) is 0 Å². The molecule has 6 nitrogen and oxygen atoms in total. The number of hydrogen-bond donors (Lipinski definition) is 0. The van der Waals surface area contributed by atoms with Crippen molar-refractivity contribution >= 4 is 21.6 Å². The van der Waals surface area contributed by atoms with Gasteiger partial charge in [0.1, 0.15) is 0 Å². The van der Waals surface area contributed by atoms with Gasteiger partial charge in [-0.1, -0.05) is 36.4 Å². The highest BCUT2D eigenvalue weighted by Crippen LogP contribution is 2.31. The summed E-state index contributed by atoms with van der Waals surface area (Å²) < 4.78 is 26.9. The van der Waals surface area contributed by atoms with Crippen molar-refractivity contribution in [2.75, 3.05) is 37.6 Å². The molecule has 1 amide bonds. The first-order valence-electron chi connectivity index (χ1n) is 9.64. The lowest BCUT2D eigenvalue weighted by Crippen LogP contribution is -2.53. The Hall–Kier alpha value is -2.38. The summed E-state index contributed by atoms with van der Waals surface area (Å²) >= 11 is 0. The van der Waals surface area contributed by atoms with Gasteiger partial charge in [0.2, 0.25) is 15.9 Å². The van der Waals surface area contributed by atoms with Crippen LogP contribution in [0, 0.1) is 0 Å². The monoisotopic (exact) mass is 399 g/mol. The SMILES string of the molecule is C[C@H]1Cc2ccccc2N1CC(=O)N1CCN(S(=O)(=O)c2ccccc2)CC1. The summed E-state index contributed by atoms with van der Waals surface area (Å²) in [6, 6.07) is 17.0. The summed E-state index contributed by atoms with van der Waals surface area (Å²) in [7, 11) is -3.50. The lowest BCUT2D eigenvalue weighted by atomic mass is 10.1. The molecule has 0 N–H and O–H groups in total. The predicted molar refractivity (Wildman–Crippen MR) is 109 cm³/mol. The lowest BCUT2D eigenvalue weighted by Gasteiger charge is -2.35. The number of para-hydroxylation sites is 1. The Bertz CT molecular complexity index is 954. The second kappa shape index (κ2) is 7.56. The fourth-order valence-corrected chi connectivity index (χ4v) is 5.48. The van der Waals surface area contributed by atoms with E-state index in [1.165, 1.54) is 9.87 Å². The number of piperazine rings is 1. The Labute approximate surface area is 166 Å². The number of sulfonamides is 1. The summed E-state index contributed by atoms with van der Waals surface area (Å²) in [5.41, 5.74) is 2.41. The molecule has 4 rings (SSSR count). The number of rotatable bonds is 4. The molecule has 0 unspecified atom stereocenters. The largest absolute Gasteiger partial charge is 0.359 e. The molecule has 1 saturated heterocycles. The van der Waals surface area contributed by atoms with Gasteiger partial charge in [0.05, 0.1) is 11.4 Å². The molecule has 2 aromatic rings. The number of hydrogen-bond acceptors (Lipinski definition) is 4. The Kier molecular flexibility index (Phi) is 5.12. The molecule has 7 heteroatoms. The maximum absolute atomic E-state index is 12.9. The zero-order valence-electron chi connectivity index (χ0n) is 16.0. The average Bonchev–Trinajstić information content (AvgIpc) is 3.04. The predicted octanol–water partition coefficient (Wildman–Crippen LogP) is 1.97. The van der Waals surface area contributed by atoms with Crippen LogP contribution in [0.2, 0.25) is 0 Å². The van der Waals surface area contributed by atoms with Gasteiger partial charge in [-0.3, -0.25) is 4.79 Å². The molecule has 0 aromatic heterocycles. The maximum Gasteiger partial charge on any atom is 0.243 e. The Balaban J connectivity index is 1.39. The van der Waals surface area contributed by atoms with Crippen LogP contribution in [0.25, 0.3) is 0 Å². The quantitative estimate of drug-likeness (QED) is 0.789. The van der Waals surface area contributed by atoms with E-state index in [0.717, 1.165) is 12.1 Å². The van der Waals surface area contributed by atoms with Crippen molar-refractivity contribution in [3.63, 3.8) is 0 Å². The third kappa shape index (κ3) is 3.52. The van der Waals surface area contributed by atoms with Crippen LogP contribution in [0.3, 0.4) is 0 Å². The fourth-order valence-electron chi connectivity index (χ4n) is 4.04. The summed E-state index contributed by atoms with van der Waals surface area (Å²) in [6.07, 6.45) is 0.951. The van der Waals surface area contributed by atoms with Crippen LogP contribution in [0.4, 0.5) is 5.69 Å². The van der Waals surface area contributed by atoms with Crippen molar-refractivity contribution in [1.29, 1.82) is 0 Å². The highest BCUT2D eigenvalue weighted by atomic mass is 32.2. The third-order valence-electron chi connectivity index (χ3n) is 5.63. The topological polar surface area (TPSA) is 60.9 Å². The molecular formula is C21H25N3O3S. The van der Waals surface area contributed by atoms with Crippen molar-refractivity contribution in [2.24, 2.45) is 0 Å². The highest BCUT2D eigenvalue weighted by Gasteiger charge is 2.32. The molecule has 0 spiro atoms. The van der Waals surface area contributed by atoms with E-state index in [4.69, 9.17) is 0 Å². The van der Waals surface area contributed by atoms with E-state index in [1.807, 2.05) is 12.1 Å². The van der Waals surface area contributed by atoms with Crippen molar-refractivity contribution in [2.45, 2.75) is 24.3 Å². The van der Waals surface area contributed by atoms with Gasteiger partial charge < -0.3 is 9.80 Å². The van der Waals surface area contributed by atoms with E-state index >= 15 is 0 Å². The van der Waals surface area contributed by atoms with Crippen molar-refractivity contribution < 1.29 is 13.2 Å². The molecule has 148 valence electrons. The van der Waals surface area contributed by atoms with Crippen LogP contribution < -0.4 is 4.90 Å². The zero-order chi connectivity index (χ0) is 19.7. The molecular weight excluding hydrogens is 374 g/mol. The minimum atomic E-state index is -3.50. The van der Waals surface area contributed by atoms with Crippen molar-refractivity contribution in [1.82, 2.24) is 9.21 Å². The number of carbonyl (C=O) groups is 1. The van der Waals surface area contributed by atoms with Crippen LogP contribution in [-0.2, 0) is 21.2 Å². The van der Waals surface area contributed by atoms with Gasteiger partial charge in [-0.2, -0.15) is 4.31 Å². The highest BCUT2D eigenvalue weighted by molar-refractivity contribution is 7.89. The molecule has 1 fully saturated rings. The number of benzene rings is 2. The van der Waals surface area contributed by atoms with Gasteiger partial charge in [-0.05, 0) is 37.1 Å². The maximum atomic E-state index is 12.9. The molecule has 0 saturated carbocycles. The minimum Gasteiger partial charge on any atom is -0.359 e. The smallest absolute Gasteiger partial charge is 0.243 e. The van der Waals surface area contributed by atoms with Gasteiger partial charge in [0.15, 0.2) is 0 Å². The standard InChI is InChI=1S/C21H25N3O3S/c1-17-15-18-7-5-6-10-20(18)24(17)16-21(25)22-11-13-23(14-12-22)28(26,27)19-8-3-2-4-9-19/h2-10,17H,11-16H2,1H3/t17-/m0/s1. The second-order valence-electron chi connectivity index (χ2n) is 7.41. The van der Waals surface area contributed by atoms with E-state index in [0.29, 0.717) is 43.7 Å². The summed E-state index contributed by atoms with van der Waals surface area (Å²) in [4.78, 5) is 17.1. The average molecular weight is 400 g/mol. The normalized spacial score (nSPS) is 20.2. The molecule has 0 radical (unpaired) electrons. The molecule has 0 bridgehead atoms.